The third-order valence-electron chi connectivity index (χ3n) is 6.85. The number of amides is 1. The molecule has 0 radical (unpaired) electrons. The highest BCUT2D eigenvalue weighted by molar-refractivity contribution is 6.34. The monoisotopic (exact) mass is 545 g/mol. The number of furan rings is 1. The Morgan fingerprint density at radius 3 is 2.74 bits per heavy atom. The molecule has 0 unspecified atom stereocenters. The molecule has 3 heterocycles. The summed E-state index contributed by atoms with van der Waals surface area (Å²) in [5, 5.41) is 9.54. The van der Waals surface area contributed by atoms with E-state index >= 15 is 0 Å². The number of fused-ring (bicyclic) bond motifs is 1. The molecule has 39 heavy (non-hydrogen) atoms. The molecule has 4 aromatic rings. The zero-order valence-electron chi connectivity index (χ0n) is 21.7. The van der Waals surface area contributed by atoms with Gasteiger partial charge in [0.2, 0.25) is 5.69 Å². The first-order chi connectivity index (χ1) is 18.9. The summed E-state index contributed by atoms with van der Waals surface area (Å²) in [5.41, 5.74) is 5.10. The minimum absolute atomic E-state index is 0.0222. The van der Waals surface area contributed by atoms with Crippen molar-refractivity contribution < 1.29 is 23.8 Å². The molecule has 1 aliphatic rings. The average Bonchev–Trinajstić information content (AvgIpc) is 3.37. The van der Waals surface area contributed by atoms with Crippen LogP contribution >= 0.6 is 11.6 Å². The first kappa shape index (κ1) is 26.7. The molecule has 1 saturated heterocycles. The lowest BCUT2D eigenvalue weighted by Crippen LogP contribution is -2.29. The molecule has 5 rings (SSSR count). The van der Waals surface area contributed by atoms with Crippen molar-refractivity contribution in [2.75, 3.05) is 33.4 Å². The number of halogens is 1. The lowest BCUT2D eigenvalue weighted by Gasteiger charge is -2.24. The molecule has 1 fully saturated rings. The van der Waals surface area contributed by atoms with Gasteiger partial charge in [-0.3, -0.25) is 9.78 Å². The second kappa shape index (κ2) is 11.5. The predicted octanol–water partition coefficient (Wildman–Crippen LogP) is 6.30. The van der Waals surface area contributed by atoms with Crippen LogP contribution in [0.1, 0.15) is 28.8 Å². The van der Waals surface area contributed by atoms with Gasteiger partial charge in [0.1, 0.15) is 23.1 Å². The largest absolute Gasteiger partial charge is 0.501 e. The fourth-order valence-corrected chi connectivity index (χ4v) is 4.98. The van der Waals surface area contributed by atoms with E-state index < -0.39 is 0 Å². The summed E-state index contributed by atoms with van der Waals surface area (Å²) in [6.07, 6.45) is 3.18. The average molecular weight is 546 g/mol. The number of likely N-dealkylation sites (N-methyl/N-ethyl adjacent to an activating group) is 1. The minimum atomic E-state index is -0.168. The van der Waals surface area contributed by atoms with Gasteiger partial charge in [-0.15, -0.1) is 0 Å². The van der Waals surface area contributed by atoms with Crippen LogP contribution < -0.4 is 4.74 Å². The van der Waals surface area contributed by atoms with E-state index in [2.05, 4.69) is 9.83 Å². The number of aromatic nitrogens is 1. The van der Waals surface area contributed by atoms with Crippen LogP contribution in [0, 0.1) is 13.5 Å². The molecule has 1 aliphatic heterocycles. The fraction of sp³-hybridized carbons (Fsp3) is 0.300. The molecule has 0 atom stereocenters. The second-order valence-electron chi connectivity index (χ2n) is 9.51. The summed E-state index contributed by atoms with van der Waals surface area (Å²) in [4.78, 5) is 22.3. The van der Waals surface area contributed by atoms with Crippen molar-refractivity contribution in [2.24, 2.45) is 0 Å². The molecule has 0 saturated carbocycles. The number of hydrogen-bond donors (Lipinski definition) is 1. The lowest BCUT2D eigenvalue weighted by atomic mass is 10.0. The predicted molar refractivity (Wildman–Crippen MR) is 149 cm³/mol. The molecule has 1 amide bonds. The van der Waals surface area contributed by atoms with Crippen LogP contribution in [0.15, 0.2) is 53.1 Å². The van der Waals surface area contributed by atoms with Gasteiger partial charge in [0.15, 0.2) is 5.58 Å². The Balaban J connectivity index is 1.50. The van der Waals surface area contributed by atoms with Gasteiger partial charge in [-0.05, 0) is 42.3 Å². The number of carbonyl (C=O) groups excluding carboxylic acids is 1. The van der Waals surface area contributed by atoms with Crippen molar-refractivity contribution >= 4 is 34.3 Å². The Kier molecular flexibility index (Phi) is 7.84. The van der Waals surface area contributed by atoms with Crippen molar-refractivity contribution in [1.82, 2.24) is 9.88 Å². The number of aliphatic hydroxyl groups is 1. The van der Waals surface area contributed by atoms with E-state index in [0.29, 0.717) is 57.7 Å². The zero-order chi connectivity index (χ0) is 27.5. The number of rotatable bonds is 7. The van der Waals surface area contributed by atoms with Crippen LogP contribution in [0.5, 0.6) is 5.75 Å². The van der Waals surface area contributed by atoms with E-state index in [-0.39, 0.29) is 25.2 Å². The molecular formula is C30H28ClN3O5. The summed E-state index contributed by atoms with van der Waals surface area (Å²) in [6, 6.07) is 12.7. The minimum Gasteiger partial charge on any atom is -0.501 e. The van der Waals surface area contributed by atoms with Gasteiger partial charge in [0.25, 0.3) is 5.91 Å². The van der Waals surface area contributed by atoms with Crippen molar-refractivity contribution in [3.05, 3.63) is 76.2 Å². The van der Waals surface area contributed by atoms with Crippen LogP contribution in [0.2, 0.25) is 5.02 Å². The van der Waals surface area contributed by atoms with Crippen molar-refractivity contribution in [1.29, 1.82) is 0 Å². The number of carbonyl (C=O) groups is 1. The van der Waals surface area contributed by atoms with Crippen LogP contribution in [0.25, 0.3) is 38.4 Å². The fourth-order valence-electron chi connectivity index (χ4n) is 4.74. The Morgan fingerprint density at radius 1 is 1.23 bits per heavy atom. The maximum absolute atomic E-state index is 12.6. The Morgan fingerprint density at radius 2 is 2.03 bits per heavy atom. The Hall–Kier alpha value is -3.90. The van der Waals surface area contributed by atoms with Crippen LogP contribution in [-0.4, -0.2) is 60.4 Å². The van der Waals surface area contributed by atoms with Crippen LogP contribution in [0.4, 0.5) is 5.69 Å². The van der Waals surface area contributed by atoms with E-state index in [1.165, 1.54) is 4.90 Å². The lowest BCUT2D eigenvalue weighted by molar-refractivity contribution is 0.0259. The highest BCUT2D eigenvalue weighted by Gasteiger charge is 2.21. The first-order valence-electron chi connectivity index (χ1n) is 12.7. The summed E-state index contributed by atoms with van der Waals surface area (Å²) < 4.78 is 17.8. The van der Waals surface area contributed by atoms with Gasteiger partial charge in [-0.1, -0.05) is 23.7 Å². The summed E-state index contributed by atoms with van der Waals surface area (Å²) in [6.45, 7) is 11.1. The summed E-state index contributed by atoms with van der Waals surface area (Å²) >= 11 is 6.62. The summed E-state index contributed by atoms with van der Waals surface area (Å²) in [7, 11) is 1.65. The Labute approximate surface area is 231 Å². The molecular weight excluding hydrogens is 518 g/mol. The number of benzene rings is 2. The number of nitrogens with zero attached hydrogens (tertiary/aromatic N) is 3. The van der Waals surface area contributed by atoms with Gasteiger partial charge in [-0.2, -0.15) is 0 Å². The quantitative estimate of drug-likeness (QED) is 0.274. The van der Waals surface area contributed by atoms with Gasteiger partial charge in [0, 0.05) is 55.4 Å². The molecule has 9 heteroatoms. The smallest absolute Gasteiger partial charge is 0.253 e. The van der Waals surface area contributed by atoms with E-state index in [1.54, 1.807) is 37.5 Å². The first-order valence-corrected chi connectivity index (χ1v) is 13.1. The topological polar surface area (TPSA) is 89.4 Å². The summed E-state index contributed by atoms with van der Waals surface area (Å²) in [5.74, 6) is 0.960. The van der Waals surface area contributed by atoms with E-state index in [9.17, 15) is 4.79 Å². The molecule has 8 nitrogen and oxygen atoms in total. The highest BCUT2D eigenvalue weighted by atomic mass is 35.5. The third-order valence-corrected chi connectivity index (χ3v) is 7.13. The standard InChI is InChI=1S/C30H28ClN3O5/c1-18-14-20(30(36)34(3)10-11-35)4-6-22(18)27-16-25-29(39-27)28(23(31)17-33-25)19-5-7-26(24(15-19)32-2)38-21-8-12-37-13-9-21/h4-7,14-17,21,35H,8-13H2,1,3H3. The zero-order valence-corrected chi connectivity index (χ0v) is 22.5. The van der Waals surface area contributed by atoms with Gasteiger partial charge < -0.3 is 23.9 Å². The molecule has 2 aromatic carbocycles. The number of aliphatic hydroxyl groups excluding tert-OH is 1. The molecule has 2 aromatic heterocycles. The van der Waals surface area contributed by atoms with Crippen LogP contribution in [-0.2, 0) is 4.74 Å². The normalized spacial score (nSPS) is 13.8. The van der Waals surface area contributed by atoms with Gasteiger partial charge in [-0.25, -0.2) is 4.85 Å². The second-order valence-corrected chi connectivity index (χ2v) is 9.92. The van der Waals surface area contributed by atoms with Gasteiger partial charge >= 0.3 is 0 Å². The molecule has 1 N–H and O–H groups in total. The third kappa shape index (κ3) is 5.48. The molecule has 200 valence electrons. The number of ether oxygens (including phenoxy) is 2. The SMILES string of the molecule is [C-]#[N+]c1cc(-c2c(Cl)cnc3cc(-c4ccc(C(=O)N(C)CCO)cc4C)oc23)ccc1OC1CCOCC1. The highest BCUT2D eigenvalue weighted by Crippen LogP contribution is 2.42. The van der Waals surface area contributed by atoms with Crippen LogP contribution in [0.3, 0.4) is 0 Å². The van der Waals surface area contributed by atoms with E-state index in [0.717, 1.165) is 29.5 Å². The number of hydrogen-bond acceptors (Lipinski definition) is 6. The van der Waals surface area contributed by atoms with Crippen molar-refractivity contribution in [3.63, 3.8) is 0 Å². The molecule has 0 bridgehead atoms. The number of aryl methyl sites for hydroxylation is 1. The van der Waals surface area contributed by atoms with Crippen molar-refractivity contribution in [2.45, 2.75) is 25.9 Å². The molecule has 0 aliphatic carbocycles. The van der Waals surface area contributed by atoms with E-state index in [4.69, 9.17) is 37.2 Å². The maximum Gasteiger partial charge on any atom is 0.253 e. The van der Waals surface area contributed by atoms with Crippen molar-refractivity contribution in [3.8, 4) is 28.2 Å². The van der Waals surface area contributed by atoms with Gasteiger partial charge in [0.05, 0.1) is 31.4 Å². The number of pyridine rings is 1. The van der Waals surface area contributed by atoms with E-state index in [1.807, 2.05) is 25.1 Å². The molecule has 0 spiro atoms. The Bertz CT molecular complexity index is 1570. The maximum atomic E-state index is 12.6.